The van der Waals surface area contributed by atoms with Crippen LogP contribution in [0.15, 0.2) is 18.2 Å². The van der Waals surface area contributed by atoms with Crippen LogP contribution < -0.4 is 4.74 Å². The van der Waals surface area contributed by atoms with Crippen LogP contribution in [0.2, 0.25) is 5.02 Å². The van der Waals surface area contributed by atoms with Crippen LogP contribution in [-0.4, -0.2) is 37.8 Å². The van der Waals surface area contributed by atoms with Crippen LogP contribution in [0.3, 0.4) is 0 Å². The molecule has 0 aromatic heterocycles. The van der Waals surface area contributed by atoms with Crippen LogP contribution in [-0.2, 0) is 11.3 Å². The summed E-state index contributed by atoms with van der Waals surface area (Å²) >= 11 is 6.21. The Balaban J connectivity index is 1.94. The van der Waals surface area contributed by atoms with Gasteiger partial charge < -0.3 is 9.47 Å². The second-order valence-electron chi connectivity index (χ2n) is 4.50. The second-order valence-corrected chi connectivity index (χ2v) is 4.91. The summed E-state index contributed by atoms with van der Waals surface area (Å²) in [6, 6.07) is 6.06. The average molecular weight is 270 g/mol. The lowest BCUT2D eigenvalue weighted by Gasteiger charge is -2.26. The highest BCUT2D eigenvalue weighted by atomic mass is 35.5. The Morgan fingerprint density at radius 1 is 1.33 bits per heavy atom. The lowest BCUT2D eigenvalue weighted by Crippen LogP contribution is -2.35. The van der Waals surface area contributed by atoms with E-state index in [1.54, 1.807) is 0 Å². The molecule has 0 aliphatic carbocycles. The maximum Gasteiger partial charge on any atom is 0.137 e. The predicted molar refractivity (Wildman–Crippen MR) is 73.3 cm³/mol. The minimum atomic E-state index is 0.703. The van der Waals surface area contributed by atoms with E-state index in [0.29, 0.717) is 11.6 Å². The first-order chi connectivity index (χ1) is 8.79. The molecule has 1 aliphatic heterocycles. The van der Waals surface area contributed by atoms with Gasteiger partial charge in [-0.05, 0) is 24.1 Å². The van der Waals surface area contributed by atoms with Crippen molar-refractivity contribution in [2.24, 2.45) is 0 Å². The molecule has 18 heavy (non-hydrogen) atoms. The van der Waals surface area contributed by atoms with E-state index in [9.17, 15) is 0 Å². The molecule has 1 heterocycles. The number of morpholine rings is 1. The van der Waals surface area contributed by atoms with Crippen LogP contribution >= 0.6 is 11.6 Å². The number of hydrogen-bond donors (Lipinski definition) is 0. The summed E-state index contributed by atoms with van der Waals surface area (Å²) in [4.78, 5) is 2.38. The van der Waals surface area contributed by atoms with Gasteiger partial charge in [0.1, 0.15) is 5.75 Å². The van der Waals surface area contributed by atoms with Crippen molar-refractivity contribution in [2.45, 2.75) is 19.9 Å². The van der Waals surface area contributed by atoms with Crippen molar-refractivity contribution >= 4 is 11.6 Å². The van der Waals surface area contributed by atoms with Crippen LogP contribution in [0, 0.1) is 0 Å². The van der Waals surface area contributed by atoms with E-state index < -0.39 is 0 Å². The largest absolute Gasteiger partial charge is 0.492 e. The fourth-order valence-corrected chi connectivity index (χ4v) is 2.25. The Morgan fingerprint density at radius 2 is 2.11 bits per heavy atom. The third-order valence-corrected chi connectivity index (χ3v) is 3.26. The maximum absolute atomic E-state index is 6.21. The smallest absolute Gasteiger partial charge is 0.137 e. The Morgan fingerprint density at radius 3 is 2.78 bits per heavy atom. The quantitative estimate of drug-likeness (QED) is 0.820. The van der Waals surface area contributed by atoms with Gasteiger partial charge >= 0.3 is 0 Å². The van der Waals surface area contributed by atoms with Gasteiger partial charge in [-0.25, -0.2) is 0 Å². The van der Waals surface area contributed by atoms with Crippen molar-refractivity contribution in [2.75, 3.05) is 32.9 Å². The van der Waals surface area contributed by atoms with E-state index in [0.717, 1.165) is 45.0 Å². The van der Waals surface area contributed by atoms with Gasteiger partial charge in [-0.2, -0.15) is 0 Å². The molecule has 0 spiro atoms. The highest BCUT2D eigenvalue weighted by Crippen LogP contribution is 2.26. The zero-order chi connectivity index (χ0) is 12.8. The molecule has 1 aromatic carbocycles. The number of benzene rings is 1. The van der Waals surface area contributed by atoms with E-state index >= 15 is 0 Å². The third kappa shape index (κ3) is 3.87. The molecule has 100 valence electrons. The SMILES string of the molecule is CCCOc1ccc(CN2CCOCC2)cc1Cl. The normalized spacial score (nSPS) is 16.8. The number of rotatable bonds is 5. The zero-order valence-corrected chi connectivity index (χ0v) is 11.6. The summed E-state index contributed by atoms with van der Waals surface area (Å²) < 4.78 is 10.9. The molecule has 3 nitrogen and oxygen atoms in total. The molecule has 1 aromatic rings. The van der Waals surface area contributed by atoms with Gasteiger partial charge in [0.2, 0.25) is 0 Å². The zero-order valence-electron chi connectivity index (χ0n) is 10.8. The summed E-state index contributed by atoms with van der Waals surface area (Å²) in [5, 5.41) is 0.703. The van der Waals surface area contributed by atoms with Crippen LogP contribution in [0.1, 0.15) is 18.9 Å². The van der Waals surface area contributed by atoms with Crippen LogP contribution in [0.5, 0.6) is 5.75 Å². The van der Waals surface area contributed by atoms with E-state index in [-0.39, 0.29) is 0 Å². The van der Waals surface area contributed by atoms with Crippen LogP contribution in [0.4, 0.5) is 0 Å². The molecular formula is C14H20ClNO2. The number of ether oxygens (including phenoxy) is 2. The van der Waals surface area contributed by atoms with Crippen molar-refractivity contribution in [3.63, 3.8) is 0 Å². The van der Waals surface area contributed by atoms with E-state index in [1.807, 2.05) is 12.1 Å². The van der Waals surface area contributed by atoms with Crippen molar-refractivity contribution in [1.82, 2.24) is 4.90 Å². The molecule has 4 heteroatoms. The first kappa shape index (κ1) is 13.7. The topological polar surface area (TPSA) is 21.7 Å². The lowest BCUT2D eigenvalue weighted by atomic mass is 10.2. The standard InChI is InChI=1S/C14H20ClNO2/c1-2-7-18-14-4-3-12(10-13(14)15)11-16-5-8-17-9-6-16/h3-4,10H,2,5-9,11H2,1H3. The fraction of sp³-hybridized carbons (Fsp3) is 0.571. The van der Waals surface area contributed by atoms with E-state index in [4.69, 9.17) is 21.1 Å². The summed E-state index contributed by atoms with van der Waals surface area (Å²) in [5.74, 6) is 0.782. The molecule has 0 radical (unpaired) electrons. The first-order valence-electron chi connectivity index (χ1n) is 6.51. The molecule has 2 rings (SSSR count). The van der Waals surface area contributed by atoms with Gasteiger partial charge in [0, 0.05) is 19.6 Å². The Kier molecular flexibility index (Phi) is 5.29. The van der Waals surface area contributed by atoms with Crippen molar-refractivity contribution in [3.8, 4) is 5.75 Å². The summed E-state index contributed by atoms with van der Waals surface area (Å²) in [6.07, 6.45) is 0.992. The highest BCUT2D eigenvalue weighted by molar-refractivity contribution is 6.32. The molecule has 0 unspecified atom stereocenters. The average Bonchev–Trinajstić information content (AvgIpc) is 2.39. The summed E-state index contributed by atoms with van der Waals surface area (Å²) in [7, 11) is 0. The molecule has 0 bridgehead atoms. The van der Waals surface area contributed by atoms with Gasteiger partial charge in [0.15, 0.2) is 0 Å². The van der Waals surface area contributed by atoms with Gasteiger partial charge in [0.05, 0.1) is 24.8 Å². The van der Waals surface area contributed by atoms with Crippen molar-refractivity contribution in [1.29, 1.82) is 0 Å². The Bertz CT molecular complexity index is 378. The van der Waals surface area contributed by atoms with Gasteiger partial charge in [0.25, 0.3) is 0 Å². The lowest BCUT2D eigenvalue weighted by molar-refractivity contribution is 0.0342. The molecule has 0 N–H and O–H groups in total. The van der Waals surface area contributed by atoms with Crippen LogP contribution in [0.25, 0.3) is 0 Å². The Labute approximate surface area is 114 Å². The molecule has 1 saturated heterocycles. The predicted octanol–water partition coefficient (Wildman–Crippen LogP) is 2.96. The van der Waals surface area contributed by atoms with Gasteiger partial charge in [-0.3, -0.25) is 4.90 Å². The number of hydrogen-bond acceptors (Lipinski definition) is 3. The minimum Gasteiger partial charge on any atom is -0.492 e. The monoisotopic (exact) mass is 269 g/mol. The first-order valence-corrected chi connectivity index (χ1v) is 6.88. The maximum atomic E-state index is 6.21. The fourth-order valence-electron chi connectivity index (χ4n) is 1.99. The molecular weight excluding hydrogens is 250 g/mol. The Hall–Kier alpha value is -0.770. The van der Waals surface area contributed by atoms with Crippen molar-refractivity contribution in [3.05, 3.63) is 28.8 Å². The molecule has 1 aliphatic rings. The van der Waals surface area contributed by atoms with Crippen molar-refractivity contribution < 1.29 is 9.47 Å². The second kappa shape index (κ2) is 6.98. The summed E-state index contributed by atoms with van der Waals surface area (Å²) in [6.45, 7) is 7.36. The minimum absolute atomic E-state index is 0.703. The number of halogens is 1. The molecule has 0 amide bonds. The molecule has 0 saturated carbocycles. The van der Waals surface area contributed by atoms with E-state index in [1.165, 1.54) is 5.56 Å². The third-order valence-electron chi connectivity index (χ3n) is 2.97. The molecule has 1 fully saturated rings. The van der Waals surface area contributed by atoms with E-state index in [2.05, 4.69) is 17.9 Å². The summed E-state index contributed by atoms with van der Waals surface area (Å²) in [5.41, 5.74) is 1.23. The highest BCUT2D eigenvalue weighted by Gasteiger charge is 2.11. The van der Waals surface area contributed by atoms with Gasteiger partial charge in [-0.15, -0.1) is 0 Å². The molecule has 0 atom stereocenters. The van der Waals surface area contributed by atoms with Gasteiger partial charge in [-0.1, -0.05) is 24.6 Å². The number of nitrogens with zero attached hydrogens (tertiary/aromatic N) is 1.